The molecule has 0 aliphatic carbocycles. The number of hydrogen-bond donors (Lipinski definition) is 0. The molecule has 0 N–H and O–H groups in total. The van der Waals surface area contributed by atoms with Gasteiger partial charge in [-0.1, -0.05) is 11.8 Å². The van der Waals surface area contributed by atoms with Crippen LogP contribution in [0.5, 0.6) is 0 Å². The van der Waals surface area contributed by atoms with E-state index in [9.17, 15) is 9.59 Å². The van der Waals surface area contributed by atoms with Crippen LogP contribution in [0.15, 0.2) is 21.4 Å². The fraction of sp³-hybridized carbons (Fsp3) is 0.364. The topological polar surface area (TPSA) is 61.2 Å². The molecule has 1 unspecified atom stereocenters. The summed E-state index contributed by atoms with van der Waals surface area (Å²) in [6.07, 6.45) is 1.82. The van der Waals surface area contributed by atoms with Gasteiger partial charge in [-0.05, 0) is 17.7 Å². The molecule has 8 heteroatoms. The molecule has 102 valence electrons. The van der Waals surface area contributed by atoms with Crippen molar-refractivity contribution < 1.29 is 9.53 Å². The van der Waals surface area contributed by atoms with Gasteiger partial charge in [-0.3, -0.25) is 9.36 Å². The SMILES string of the molecule is COC(=O)C(SC)Sc1nc2ccsc2c(=O)n1C. The first-order valence-electron chi connectivity index (χ1n) is 5.30. The quantitative estimate of drug-likeness (QED) is 0.372. The lowest BCUT2D eigenvalue weighted by Gasteiger charge is -2.13. The first-order chi connectivity index (χ1) is 9.08. The molecule has 1 atom stereocenters. The number of hydrogen-bond acceptors (Lipinski definition) is 7. The first kappa shape index (κ1) is 14.4. The van der Waals surface area contributed by atoms with Crippen LogP contribution in [0.4, 0.5) is 0 Å². The van der Waals surface area contributed by atoms with Crippen molar-refractivity contribution in [1.29, 1.82) is 0 Å². The third kappa shape index (κ3) is 2.80. The van der Waals surface area contributed by atoms with Crippen LogP contribution in [-0.4, -0.2) is 33.5 Å². The molecule has 0 aromatic carbocycles. The largest absolute Gasteiger partial charge is 0.468 e. The summed E-state index contributed by atoms with van der Waals surface area (Å²) >= 11 is 3.95. The molecule has 0 saturated carbocycles. The minimum atomic E-state index is -0.431. The molecule has 2 aromatic heterocycles. The van der Waals surface area contributed by atoms with E-state index in [2.05, 4.69) is 4.98 Å². The second kappa shape index (κ2) is 5.98. The number of thiophene rings is 1. The molecule has 0 aliphatic rings. The number of ether oxygens (including phenoxy) is 1. The first-order valence-corrected chi connectivity index (χ1v) is 8.34. The van der Waals surface area contributed by atoms with E-state index in [1.54, 1.807) is 13.1 Å². The highest BCUT2D eigenvalue weighted by Gasteiger charge is 2.22. The Morgan fingerprint density at radius 3 is 2.95 bits per heavy atom. The average Bonchev–Trinajstić information content (AvgIpc) is 2.88. The third-order valence-electron chi connectivity index (χ3n) is 2.47. The number of fused-ring (bicyclic) bond motifs is 1. The maximum absolute atomic E-state index is 12.1. The van der Waals surface area contributed by atoms with Crippen LogP contribution in [0.25, 0.3) is 10.2 Å². The summed E-state index contributed by atoms with van der Waals surface area (Å²) in [5, 5.41) is 2.35. The van der Waals surface area contributed by atoms with E-state index < -0.39 is 4.58 Å². The second-order valence-corrected chi connectivity index (χ2v) is 6.83. The summed E-state index contributed by atoms with van der Waals surface area (Å²) in [6.45, 7) is 0. The second-order valence-electron chi connectivity index (χ2n) is 3.60. The van der Waals surface area contributed by atoms with Crippen LogP contribution >= 0.6 is 34.9 Å². The number of methoxy groups -OCH3 is 1. The predicted molar refractivity (Wildman–Crippen MR) is 80.0 cm³/mol. The van der Waals surface area contributed by atoms with Gasteiger partial charge in [-0.25, -0.2) is 9.78 Å². The zero-order valence-electron chi connectivity index (χ0n) is 10.6. The number of carbonyl (C=O) groups excluding carboxylic acids is 1. The van der Waals surface area contributed by atoms with Gasteiger partial charge in [0, 0.05) is 7.05 Å². The zero-order valence-corrected chi connectivity index (χ0v) is 13.0. The van der Waals surface area contributed by atoms with Crippen LogP contribution in [0.3, 0.4) is 0 Å². The van der Waals surface area contributed by atoms with Gasteiger partial charge in [0.1, 0.15) is 4.70 Å². The maximum atomic E-state index is 12.1. The summed E-state index contributed by atoms with van der Waals surface area (Å²) in [4.78, 5) is 28.1. The number of carbonyl (C=O) groups is 1. The van der Waals surface area contributed by atoms with Crippen molar-refractivity contribution in [2.24, 2.45) is 7.05 Å². The van der Waals surface area contributed by atoms with Gasteiger partial charge < -0.3 is 4.74 Å². The highest BCUT2D eigenvalue weighted by Crippen LogP contribution is 2.29. The van der Waals surface area contributed by atoms with Crippen molar-refractivity contribution >= 4 is 51.0 Å². The lowest BCUT2D eigenvalue weighted by Crippen LogP contribution is -2.22. The van der Waals surface area contributed by atoms with Gasteiger partial charge in [-0.2, -0.15) is 0 Å². The van der Waals surface area contributed by atoms with E-state index >= 15 is 0 Å². The third-order valence-corrected chi connectivity index (χ3v) is 5.83. The molecule has 0 spiro atoms. The lowest BCUT2D eigenvalue weighted by molar-refractivity contribution is -0.138. The summed E-state index contributed by atoms with van der Waals surface area (Å²) in [5.41, 5.74) is 0.576. The molecule has 19 heavy (non-hydrogen) atoms. The lowest BCUT2D eigenvalue weighted by atomic mass is 10.5. The smallest absolute Gasteiger partial charge is 0.329 e. The van der Waals surface area contributed by atoms with Crippen LogP contribution in [0, 0.1) is 0 Å². The number of aromatic nitrogens is 2. The van der Waals surface area contributed by atoms with E-state index in [0.717, 1.165) is 0 Å². The highest BCUT2D eigenvalue weighted by molar-refractivity contribution is 8.17. The number of nitrogens with zero attached hydrogens (tertiary/aromatic N) is 2. The standard InChI is InChI=1S/C11H12N2O3S3/c1-13-8(14)7-6(4-5-18-7)12-11(13)19-10(17-3)9(15)16-2/h4-5,10H,1-3H3. The van der Waals surface area contributed by atoms with Crippen molar-refractivity contribution in [3.05, 3.63) is 21.8 Å². The van der Waals surface area contributed by atoms with E-state index in [4.69, 9.17) is 4.74 Å². The Labute approximate surface area is 122 Å². The highest BCUT2D eigenvalue weighted by atomic mass is 32.2. The van der Waals surface area contributed by atoms with Crippen molar-refractivity contribution in [3.63, 3.8) is 0 Å². The monoisotopic (exact) mass is 316 g/mol. The van der Waals surface area contributed by atoms with Gasteiger partial charge in [0.25, 0.3) is 5.56 Å². The molecule has 0 amide bonds. The Bertz CT molecular complexity index is 665. The van der Waals surface area contributed by atoms with Crippen LogP contribution in [0.1, 0.15) is 0 Å². The van der Waals surface area contributed by atoms with E-state index in [1.165, 1.54) is 46.5 Å². The fourth-order valence-electron chi connectivity index (χ4n) is 1.46. The van der Waals surface area contributed by atoms with Gasteiger partial charge in [0.15, 0.2) is 9.74 Å². The Hall–Kier alpha value is -0.990. The number of esters is 1. The molecule has 2 heterocycles. The zero-order chi connectivity index (χ0) is 14.0. The number of thioether (sulfide) groups is 2. The normalized spacial score (nSPS) is 12.6. The molecule has 0 fully saturated rings. The van der Waals surface area contributed by atoms with Crippen molar-refractivity contribution in [2.45, 2.75) is 9.74 Å². The summed E-state index contributed by atoms with van der Waals surface area (Å²) in [7, 11) is 3.01. The molecule has 0 bridgehead atoms. The van der Waals surface area contributed by atoms with Crippen molar-refractivity contribution in [2.75, 3.05) is 13.4 Å². The molecular formula is C11H12N2O3S3. The van der Waals surface area contributed by atoms with Crippen LogP contribution in [0.2, 0.25) is 0 Å². The van der Waals surface area contributed by atoms with E-state index in [1.807, 2.05) is 11.6 Å². The molecule has 5 nitrogen and oxygen atoms in total. The van der Waals surface area contributed by atoms with Crippen LogP contribution < -0.4 is 5.56 Å². The molecule has 2 rings (SSSR count). The Morgan fingerprint density at radius 2 is 2.32 bits per heavy atom. The minimum Gasteiger partial charge on any atom is -0.468 e. The van der Waals surface area contributed by atoms with E-state index in [-0.39, 0.29) is 11.5 Å². The van der Waals surface area contributed by atoms with Gasteiger partial charge in [0.05, 0.1) is 12.6 Å². The number of rotatable bonds is 4. The summed E-state index contributed by atoms with van der Waals surface area (Å²) in [5.74, 6) is -0.336. The Morgan fingerprint density at radius 1 is 1.58 bits per heavy atom. The van der Waals surface area contributed by atoms with Crippen LogP contribution in [-0.2, 0) is 16.6 Å². The predicted octanol–water partition coefficient (Wildman–Crippen LogP) is 1.95. The molecular weight excluding hydrogens is 304 g/mol. The summed E-state index contributed by atoms with van der Waals surface area (Å²) < 4.78 is 6.39. The Balaban J connectivity index is 2.42. The van der Waals surface area contributed by atoms with E-state index in [0.29, 0.717) is 15.4 Å². The molecule has 0 saturated heterocycles. The van der Waals surface area contributed by atoms with Gasteiger partial charge in [0.2, 0.25) is 0 Å². The van der Waals surface area contributed by atoms with Crippen molar-refractivity contribution in [1.82, 2.24) is 9.55 Å². The van der Waals surface area contributed by atoms with Gasteiger partial charge >= 0.3 is 5.97 Å². The molecule has 2 aromatic rings. The van der Waals surface area contributed by atoms with Gasteiger partial charge in [-0.15, -0.1) is 23.1 Å². The molecule has 0 aliphatic heterocycles. The minimum absolute atomic E-state index is 0.0905. The summed E-state index contributed by atoms with van der Waals surface area (Å²) in [6, 6.07) is 1.80. The average molecular weight is 316 g/mol. The molecule has 0 radical (unpaired) electrons. The fourth-order valence-corrected chi connectivity index (χ4v) is 3.97. The van der Waals surface area contributed by atoms with Crippen molar-refractivity contribution in [3.8, 4) is 0 Å². The Kier molecular flexibility index (Phi) is 4.54. The maximum Gasteiger partial charge on any atom is 0.329 e.